The first-order valence-electron chi connectivity index (χ1n) is 3.23. The molecule has 0 aliphatic rings. The second-order valence-electron chi connectivity index (χ2n) is 2.14. The van der Waals surface area contributed by atoms with Crippen LogP contribution in [0.3, 0.4) is 0 Å². The first kappa shape index (κ1) is 11.9. The summed E-state index contributed by atoms with van der Waals surface area (Å²) in [7, 11) is 0. The van der Waals surface area contributed by atoms with Crippen molar-refractivity contribution < 1.29 is 39.2 Å². The molecule has 1 atom stereocenters. The normalized spacial score (nSPS) is 11.4. The standard InChI is InChI=1S/C6H6O8/c7-3(8)1-2(4(9)10)14-6(13)5(11)12/h2H,1H2,(H,7,8)(H,9,10)(H,11,12). The average Bonchev–Trinajstić information content (AvgIpc) is 2.01. The summed E-state index contributed by atoms with van der Waals surface area (Å²) in [5.41, 5.74) is 0. The Labute approximate surface area is 76.7 Å². The summed E-state index contributed by atoms with van der Waals surface area (Å²) >= 11 is 0. The number of carbonyl (C=O) groups is 4. The van der Waals surface area contributed by atoms with E-state index in [1.165, 1.54) is 0 Å². The van der Waals surface area contributed by atoms with Crippen molar-refractivity contribution in [2.24, 2.45) is 0 Å². The summed E-state index contributed by atoms with van der Waals surface area (Å²) in [5.74, 6) is -7.03. The lowest BCUT2D eigenvalue weighted by Crippen LogP contribution is -2.32. The van der Waals surface area contributed by atoms with Gasteiger partial charge in [-0.3, -0.25) is 4.79 Å². The van der Waals surface area contributed by atoms with Gasteiger partial charge in [-0.25, -0.2) is 14.4 Å². The van der Waals surface area contributed by atoms with E-state index in [9.17, 15) is 19.2 Å². The van der Waals surface area contributed by atoms with Gasteiger partial charge in [-0.1, -0.05) is 0 Å². The van der Waals surface area contributed by atoms with E-state index in [0.717, 1.165) is 0 Å². The zero-order valence-electron chi connectivity index (χ0n) is 6.67. The van der Waals surface area contributed by atoms with Crippen molar-refractivity contribution in [1.29, 1.82) is 0 Å². The highest BCUT2D eigenvalue weighted by atomic mass is 16.6. The first-order valence-corrected chi connectivity index (χ1v) is 3.23. The Kier molecular flexibility index (Phi) is 4.07. The summed E-state index contributed by atoms with van der Waals surface area (Å²) in [5, 5.41) is 24.5. The van der Waals surface area contributed by atoms with Crippen LogP contribution in [0.4, 0.5) is 0 Å². The van der Waals surface area contributed by atoms with E-state index >= 15 is 0 Å². The van der Waals surface area contributed by atoms with Gasteiger partial charge in [-0.15, -0.1) is 0 Å². The predicted molar refractivity (Wildman–Crippen MR) is 37.4 cm³/mol. The van der Waals surface area contributed by atoms with Gasteiger partial charge in [0.2, 0.25) is 6.10 Å². The Morgan fingerprint density at radius 1 is 1.07 bits per heavy atom. The second-order valence-corrected chi connectivity index (χ2v) is 2.14. The maximum absolute atomic E-state index is 10.4. The highest BCUT2D eigenvalue weighted by Crippen LogP contribution is 1.99. The van der Waals surface area contributed by atoms with Gasteiger partial charge < -0.3 is 20.1 Å². The smallest absolute Gasteiger partial charge is 0.418 e. The Morgan fingerprint density at radius 2 is 1.57 bits per heavy atom. The van der Waals surface area contributed by atoms with Crippen LogP contribution in [-0.4, -0.2) is 45.3 Å². The molecule has 0 bridgehead atoms. The number of carboxylic acid groups (broad SMARTS) is 3. The van der Waals surface area contributed by atoms with Gasteiger partial charge in [-0.2, -0.15) is 0 Å². The van der Waals surface area contributed by atoms with Crippen LogP contribution in [0.5, 0.6) is 0 Å². The highest BCUT2D eigenvalue weighted by molar-refractivity contribution is 6.29. The fourth-order valence-corrected chi connectivity index (χ4v) is 0.518. The van der Waals surface area contributed by atoms with Gasteiger partial charge in [0.1, 0.15) is 0 Å². The maximum Gasteiger partial charge on any atom is 0.418 e. The number of aliphatic carboxylic acids is 3. The molecule has 8 nitrogen and oxygen atoms in total. The van der Waals surface area contributed by atoms with Crippen LogP contribution in [0.2, 0.25) is 0 Å². The van der Waals surface area contributed by atoms with Crippen LogP contribution in [0.15, 0.2) is 0 Å². The van der Waals surface area contributed by atoms with Gasteiger partial charge in [-0.05, 0) is 0 Å². The molecule has 0 saturated heterocycles. The van der Waals surface area contributed by atoms with Gasteiger partial charge in [0, 0.05) is 0 Å². The largest absolute Gasteiger partial charge is 0.481 e. The highest BCUT2D eigenvalue weighted by Gasteiger charge is 2.28. The van der Waals surface area contributed by atoms with Crippen LogP contribution in [0.25, 0.3) is 0 Å². The zero-order chi connectivity index (χ0) is 11.3. The van der Waals surface area contributed by atoms with Crippen LogP contribution in [0, 0.1) is 0 Å². The fourth-order valence-electron chi connectivity index (χ4n) is 0.518. The van der Waals surface area contributed by atoms with Crippen molar-refractivity contribution >= 4 is 23.9 Å². The zero-order valence-corrected chi connectivity index (χ0v) is 6.67. The number of rotatable bonds is 4. The van der Waals surface area contributed by atoms with Gasteiger partial charge >= 0.3 is 23.9 Å². The summed E-state index contributed by atoms with van der Waals surface area (Å²) in [6, 6.07) is 0. The summed E-state index contributed by atoms with van der Waals surface area (Å²) in [4.78, 5) is 40.6. The quantitative estimate of drug-likeness (QED) is 0.374. The molecule has 1 unspecified atom stereocenters. The molecule has 0 fully saturated rings. The molecule has 0 saturated carbocycles. The van der Waals surface area contributed by atoms with Gasteiger partial charge in [0.25, 0.3) is 0 Å². The molecule has 78 valence electrons. The Hall–Kier alpha value is -2.12. The number of carboxylic acids is 3. The lowest BCUT2D eigenvalue weighted by atomic mass is 10.2. The van der Waals surface area contributed by atoms with Crippen LogP contribution >= 0.6 is 0 Å². The van der Waals surface area contributed by atoms with Gasteiger partial charge in [0.05, 0.1) is 6.42 Å². The lowest BCUT2D eigenvalue weighted by Gasteiger charge is -2.08. The molecule has 0 aromatic rings. The number of hydrogen-bond acceptors (Lipinski definition) is 5. The molecule has 0 heterocycles. The van der Waals surface area contributed by atoms with Crippen molar-refractivity contribution in [1.82, 2.24) is 0 Å². The number of ether oxygens (including phenoxy) is 1. The van der Waals surface area contributed by atoms with E-state index in [2.05, 4.69) is 4.74 Å². The molecule has 0 aliphatic heterocycles. The minimum absolute atomic E-state index is 0.992. The molecule has 0 amide bonds. The number of hydrogen-bond donors (Lipinski definition) is 3. The molecule has 0 aromatic heterocycles. The minimum Gasteiger partial charge on any atom is -0.481 e. The van der Waals surface area contributed by atoms with Crippen molar-refractivity contribution in [3.63, 3.8) is 0 Å². The lowest BCUT2D eigenvalue weighted by molar-refractivity contribution is -0.175. The van der Waals surface area contributed by atoms with E-state index in [1.54, 1.807) is 0 Å². The van der Waals surface area contributed by atoms with Crippen molar-refractivity contribution in [2.45, 2.75) is 12.5 Å². The molecule has 3 N–H and O–H groups in total. The monoisotopic (exact) mass is 206 g/mol. The molecular weight excluding hydrogens is 200 g/mol. The summed E-state index contributed by atoms with van der Waals surface area (Å²) in [6.45, 7) is 0. The Morgan fingerprint density at radius 3 is 1.86 bits per heavy atom. The van der Waals surface area contributed by atoms with E-state index in [0.29, 0.717) is 0 Å². The predicted octanol–water partition coefficient (Wildman–Crippen LogP) is -1.46. The van der Waals surface area contributed by atoms with Crippen LogP contribution < -0.4 is 0 Å². The van der Waals surface area contributed by atoms with Crippen molar-refractivity contribution in [3.8, 4) is 0 Å². The van der Waals surface area contributed by atoms with Crippen LogP contribution in [-0.2, 0) is 23.9 Å². The number of esters is 1. The van der Waals surface area contributed by atoms with Crippen molar-refractivity contribution in [2.75, 3.05) is 0 Å². The van der Waals surface area contributed by atoms with E-state index in [4.69, 9.17) is 15.3 Å². The number of carbonyl (C=O) groups excluding carboxylic acids is 1. The van der Waals surface area contributed by atoms with Crippen LogP contribution in [0.1, 0.15) is 6.42 Å². The Balaban J connectivity index is 4.38. The molecule has 0 aromatic carbocycles. The third-order valence-corrected chi connectivity index (χ3v) is 1.06. The molecule has 0 aliphatic carbocycles. The van der Waals surface area contributed by atoms with E-state index in [1.807, 2.05) is 0 Å². The molecular formula is C6H6O8. The fraction of sp³-hybridized carbons (Fsp3) is 0.333. The summed E-state index contributed by atoms with van der Waals surface area (Å²) in [6.07, 6.45) is -2.98. The second kappa shape index (κ2) is 4.80. The molecule has 14 heavy (non-hydrogen) atoms. The summed E-state index contributed by atoms with van der Waals surface area (Å²) < 4.78 is 3.87. The molecule has 0 spiro atoms. The molecule has 8 heteroatoms. The molecule has 0 rings (SSSR count). The van der Waals surface area contributed by atoms with E-state index in [-0.39, 0.29) is 0 Å². The first-order chi connectivity index (χ1) is 6.34. The molecule has 0 radical (unpaired) electrons. The third-order valence-electron chi connectivity index (χ3n) is 1.06. The van der Waals surface area contributed by atoms with Crippen molar-refractivity contribution in [3.05, 3.63) is 0 Å². The third kappa shape index (κ3) is 4.04. The van der Waals surface area contributed by atoms with E-state index < -0.39 is 36.4 Å². The average molecular weight is 206 g/mol. The topological polar surface area (TPSA) is 138 Å². The minimum atomic E-state index is -1.99. The Bertz CT molecular complexity index is 280. The maximum atomic E-state index is 10.4. The SMILES string of the molecule is O=C(O)CC(OC(=O)C(=O)O)C(=O)O. The van der Waals surface area contributed by atoms with Gasteiger partial charge in [0.15, 0.2) is 0 Å².